The van der Waals surface area contributed by atoms with Gasteiger partial charge in [-0.2, -0.15) is 5.10 Å². The lowest BCUT2D eigenvalue weighted by Crippen LogP contribution is -2.04. The Kier molecular flexibility index (Phi) is 3.12. The maximum atomic E-state index is 14.0. The Balaban J connectivity index is 2.15. The van der Waals surface area contributed by atoms with Crippen molar-refractivity contribution in [2.45, 2.75) is 0 Å². The van der Waals surface area contributed by atoms with Gasteiger partial charge in [0.2, 0.25) is 5.95 Å². The molecule has 100 valence electrons. The Morgan fingerprint density at radius 1 is 1.15 bits per heavy atom. The molecule has 0 aliphatic carbocycles. The molecular weight excluding hydrogens is 257 g/mol. The maximum Gasteiger partial charge on any atom is 0.223 e. The molecule has 0 saturated heterocycles. The zero-order valence-corrected chi connectivity index (χ0v) is 10.8. The first kappa shape index (κ1) is 12.3. The lowest BCUT2D eigenvalue weighted by atomic mass is 10.2. The maximum absolute atomic E-state index is 14.0. The highest BCUT2D eigenvalue weighted by Crippen LogP contribution is 2.23. The van der Waals surface area contributed by atoms with E-state index in [-0.39, 0.29) is 5.69 Å². The summed E-state index contributed by atoms with van der Waals surface area (Å²) in [5.74, 6) is -0.121. The number of para-hydroxylation sites is 1. The number of hydrogen-bond acceptors (Lipinski definition) is 4. The van der Waals surface area contributed by atoms with Gasteiger partial charge in [0.1, 0.15) is 5.69 Å². The van der Waals surface area contributed by atoms with Gasteiger partial charge in [0.05, 0.1) is 23.8 Å². The van der Waals surface area contributed by atoms with E-state index >= 15 is 0 Å². The van der Waals surface area contributed by atoms with E-state index in [1.807, 2.05) is 30.3 Å². The molecule has 2 aromatic heterocycles. The van der Waals surface area contributed by atoms with Crippen LogP contribution in [0, 0.1) is 5.82 Å². The third-order valence-corrected chi connectivity index (χ3v) is 2.85. The molecule has 0 bridgehead atoms. The number of halogens is 1. The second-order valence-electron chi connectivity index (χ2n) is 4.10. The second kappa shape index (κ2) is 5.08. The normalized spacial score (nSPS) is 10.5. The highest BCUT2D eigenvalue weighted by Gasteiger charge is 2.14. The van der Waals surface area contributed by atoms with E-state index < -0.39 is 5.82 Å². The van der Waals surface area contributed by atoms with Crippen LogP contribution < -0.4 is 5.32 Å². The zero-order chi connectivity index (χ0) is 13.9. The fourth-order valence-corrected chi connectivity index (χ4v) is 1.92. The Bertz CT molecular complexity index is 723. The summed E-state index contributed by atoms with van der Waals surface area (Å²) in [6, 6.07) is 11.2. The summed E-state index contributed by atoms with van der Waals surface area (Å²) < 4.78 is 15.6. The molecule has 0 fully saturated rings. The van der Waals surface area contributed by atoms with Crippen molar-refractivity contribution >= 4 is 5.95 Å². The molecule has 0 saturated carbocycles. The van der Waals surface area contributed by atoms with Crippen molar-refractivity contribution < 1.29 is 4.39 Å². The number of nitrogens with zero attached hydrogens (tertiary/aromatic N) is 4. The number of aromatic nitrogens is 4. The van der Waals surface area contributed by atoms with Crippen molar-refractivity contribution in [3.63, 3.8) is 0 Å². The standard InChI is InChI=1S/C14H12FN5/c1-16-14-17-9-11(15)13(19-14)12-7-8-18-20(12)10-5-3-2-4-6-10/h2-9H,1H3,(H,16,17,19). The van der Waals surface area contributed by atoms with Crippen LogP contribution in [-0.4, -0.2) is 26.8 Å². The Labute approximate surface area is 115 Å². The fourth-order valence-electron chi connectivity index (χ4n) is 1.92. The molecular formula is C14H12FN5. The van der Waals surface area contributed by atoms with Gasteiger partial charge in [0.25, 0.3) is 0 Å². The van der Waals surface area contributed by atoms with Crippen molar-refractivity contribution in [2.75, 3.05) is 12.4 Å². The van der Waals surface area contributed by atoms with Gasteiger partial charge in [-0.25, -0.2) is 19.0 Å². The lowest BCUT2D eigenvalue weighted by molar-refractivity contribution is 0.616. The minimum atomic E-state index is -0.485. The van der Waals surface area contributed by atoms with E-state index in [9.17, 15) is 4.39 Å². The minimum absolute atomic E-state index is 0.214. The van der Waals surface area contributed by atoms with Gasteiger partial charge in [0.15, 0.2) is 5.82 Å². The van der Waals surface area contributed by atoms with E-state index in [0.717, 1.165) is 11.9 Å². The van der Waals surface area contributed by atoms with E-state index in [0.29, 0.717) is 11.6 Å². The predicted octanol–water partition coefficient (Wildman–Crippen LogP) is 2.51. The molecule has 3 aromatic rings. The van der Waals surface area contributed by atoms with Gasteiger partial charge in [-0.1, -0.05) is 18.2 Å². The lowest BCUT2D eigenvalue weighted by Gasteiger charge is -2.08. The van der Waals surface area contributed by atoms with Gasteiger partial charge in [0, 0.05) is 7.05 Å². The monoisotopic (exact) mass is 269 g/mol. The molecule has 0 spiro atoms. The average Bonchev–Trinajstić information content (AvgIpc) is 2.98. The molecule has 0 amide bonds. The van der Waals surface area contributed by atoms with E-state index in [1.54, 1.807) is 24.0 Å². The molecule has 3 rings (SSSR count). The van der Waals surface area contributed by atoms with Crippen LogP contribution >= 0.6 is 0 Å². The third-order valence-electron chi connectivity index (χ3n) is 2.85. The van der Waals surface area contributed by atoms with Crippen molar-refractivity contribution in [2.24, 2.45) is 0 Å². The number of hydrogen-bond donors (Lipinski definition) is 1. The highest BCUT2D eigenvalue weighted by atomic mass is 19.1. The van der Waals surface area contributed by atoms with Crippen LogP contribution in [0.5, 0.6) is 0 Å². The van der Waals surface area contributed by atoms with Crippen LogP contribution in [-0.2, 0) is 0 Å². The SMILES string of the molecule is CNc1ncc(F)c(-c2ccnn2-c2ccccc2)n1. The first-order chi connectivity index (χ1) is 9.79. The van der Waals surface area contributed by atoms with Gasteiger partial charge >= 0.3 is 0 Å². The number of rotatable bonds is 3. The summed E-state index contributed by atoms with van der Waals surface area (Å²) in [5, 5.41) is 7.03. The largest absolute Gasteiger partial charge is 0.357 e. The van der Waals surface area contributed by atoms with E-state index in [2.05, 4.69) is 20.4 Å². The summed E-state index contributed by atoms with van der Waals surface area (Å²) >= 11 is 0. The molecule has 0 unspecified atom stereocenters. The Morgan fingerprint density at radius 2 is 1.95 bits per heavy atom. The molecule has 0 radical (unpaired) electrons. The smallest absolute Gasteiger partial charge is 0.223 e. The zero-order valence-electron chi connectivity index (χ0n) is 10.8. The summed E-state index contributed by atoms with van der Waals surface area (Å²) in [7, 11) is 1.69. The molecule has 1 aromatic carbocycles. The first-order valence-electron chi connectivity index (χ1n) is 6.09. The summed E-state index contributed by atoms with van der Waals surface area (Å²) in [4.78, 5) is 8.00. The minimum Gasteiger partial charge on any atom is -0.357 e. The van der Waals surface area contributed by atoms with Crippen molar-refractivity contribution in [3.05, 3.63) is 54.6 Å². The van der Waals surface area contributed by atoms with Crippen LogP contribution in [0.4, 0.5) is 10.3 Å². The molecule has 1 N–H and O–H groups in total. The molecule has 0 atom stereocenters. The second-order valence-corrected chi connectivity index (χ2v) is 4.10. The molecule has 6 heteroatoms. The van der Waals surface area contributed by atoms with Crippen LogP contribution in [0.2, 0.25) is 0 Å². The van der Waals surface area contributed by atoms with Crippen molar-refractivity contribution in [3.8, 4) is 17.1 Å². The summed E-state index contributed by atoms with van der Waals surface area (Å²) in [6.07, 6.45) is 2.76. The Hall–Kier alpha value is -2.76. The summed E-state index contributed by atoms with van der Waals surface area (Å²) in [5.41, 5.74) is 1.63. The van der Waals surface area contributed by atoms with Gasteiger partial charge < -0.3 is 5.32 Å². The van der Waals surface area contributed by atoms with Crippen LogP contribution in [0.3, 0.4) is 0 Å². The Morgan fingerprint density at radius 3 is 2.70 bits per heavy atom. The third kappa shape index (κ3) is 2.11. The van der Waals surface area contributed by atoms with Crippen molar-refractivity contribution in [1.29, 1.82) is 0 Å². The van der Waals surface area contributed by atoms with E-state index in [1.165, 1.54) is 0 Å². The van der Waals surface area contributed by atoms with Crippen LogP contribution in [0.25, 0.3) is 17.1 Å². The van der Waals surface area contributed by atoms with Gasteiger partial charge in [-0.15, -0.1) is 0 Å². The first-order valence-corrected chi connectivity index (χ1v) is 6.09. The van der Waals surface area contributed by atoms with Crippen LogP contribution in [0.1, 0.15) is 0 Å². The van der Waals surface area contributed by atoms with Gasteiger partial charge in [-0.3, -0.25) is 0 Å². The fraction of sp³-hybridized carbons (Fsp3) is 0.0714. The molecule has 20 heavy (non-hydrogen) atoms. The quantitative estimate of drug-likeness (QED) is 0.793. The average molecular weight is 269 g/mol. The molecule has 5 nitrogen and oxygen atoms in total. The topological polar surface area (TPSA) is 55.6 Å². The van der Waals surface area contributed by atoms with Crippen molar-refractivity contribution in [1.82, 2.24) is 19.7 Å². The van der Waals surface area contributed by atoms with Gasteiger partial charge in [-0.05, 0) is 18.2 Å². The number of nitrogens with one attached hydrogen (secondary N) is 1. The predicted molar refractivity (Wildman–Crippen MR) is 74.1 cm³/mol. The van der Waals surface area contributed by atoms with E-state index in [4.69, 9.17) is 0 Å². The number of benzene rings is 1. The summed E-state index contributed by atoms with van der Waals surface area (Å²) in [6.45, 7) is 0. The number of anilines is 1. The molecule has 0 aliphatic heterocycles. The molecule has 0 aliphatic rings. The van der Waals surface area contributed by atoms with Crippen LogP contribution in [0.15, 0.2) is 48.8 Å². The highest BCUT2D eigenvalue weighted by molar-refractivity contribution is 5.59. The molecule has 2 heterocycles.